The van der Waals surface area contributed by atoms with Crippen molar-refractivity contribution in [2.24, 2.45) is 5.73 Å². The minimum absolute atomic E-state index is 0. The second-order valence-corrected chi connectivity index (χ2v) is 5.65. The highest BCUT2D eigenvalue weighted by Gasteiger charge is 2.34. The number of amides is 1. The molecule has 0 bridgehead atoms. The molecule has 0 atom stereocenters. The van der Waals surface area contributed by atoms with Gasteiger partial charge in [0.2, 0.25) is 5.91 Å². The van der Waals surface area contributed by atoms with Gasteiger partial charge in [-0.25, -0.2) is 0 Å². The molecule has 1 saturated carbocycles. The highest BCUT2D eigenvalue weighted by Crippen LogP contribution is 2.26. The van der Waals surface area contributed by atoms with Crippen LogP contribution in [0.15, 0.2) is 24.3 Å². The third kappa shape index (κ3) is 4.99. The van der Waals surface area contributed by atoms with Gasteiger partial charge < -0.3 is 15.8 Å². The van der Waals surface area contributed by atoms with Crippen molar-refractivity contribution in [2.45, 2.75) is 50.8 Å². The largest absolute Gasteiger partial charge is 0.380 e. The standard InChI is InChI=1S/C16H24N2O2.ClH/c1-20-12-14-7-5-13(6-8-14)11-18-15(19)16(17)9-3-2-4-10-16;/h5-8H,2-4,9-12,17H2,1H3,(H,18,19);1H. The number of carbonyl (C=O) groups is 1. The minimum Gasteiger partial charge on any atom is -0.380 e. The molecule has 0 unspecified atom stereocenters. The predicted molar refractivity (Wildman–Crippen MR) is 86.3 cm³/mol. The van der Waals surface area contributed by atoms with Crippen molar-refractivity contribution in [3.63, 3.8) is 0 Å². The monoisotopic (exact) mass is 312 g/mol. The highest BCUT2D eigenvalue weighted by molar-refractivity contribution is 5.86. The van der Waals surface area contributed by atoms with Crippen molar-refractivity contribution in [1.82, 2.24) is 5.32 Å². The average Bonchev–Trinajstić information content (AvgIpc) is 2.47. The number of ether oxygens (including phenoxy) is 1. The Morgan fingerprint density at radius 3 is 2.33 bits per heavy atom. The molecule has 4 nitrogen and oxygen atoms in total. The fourth-order valence-corrected chi connectivity index (χ4v) is 2.69. The van der Waals surface area contributed by atoms with Crippen LogP contribution in [0.25, 0.3) is 0 Å². The first-order valence-electron chi connectivity index (χ1n) is 7.28. The maximum Gasteiger partial charge on any atom is 0.240 e. The lowest BCUT2D eigenvalue weighted by atomic mass is 9.82. The number of methoxy groups -OCH3 is 1. The molecule has 1 aliphatic carbocycles. The number of hydrogen-bond acceptors (Lipinski definition) is 3. The number of carbonyl (C=O) groups excluding carboxylic acids is 1. The molecular weight excluding hydrogens is 288 g/mol. The molecule has 5 heteroatoms. The number of halogens is 1. The Bertz CT molecular complexity index is 442. The van der Waals surface area contributed by atoms with Gasteiger partial charge in [0.1, 0.15) is 0 Å². The third-order valence-corrected chi connectivity index (χ3v) is 3.99. The number of benzene rings is 1. The maximum absolute atomic E-state index is 12.2. The van der Waals surface area contributed by atoms with Crippen LogP contribution in [0, 0.1) is 0 Å². The first kappa shape index (κ1) is 18.0. The lowest BCUT2D eigenvalue weighted by Crippen LogP contribution is -2.54. The molecule has 1 aromatic carbocycles. The Hall–Kier alpha value is -1.10. The van der Waals surface area contributed by atoms with E-state index in [9.17, 15) is 4.79 Å². The zero-order valence-electron chi connectivity index (χ0n) is 12.6. The summed E-state index contributed by atoms with van der Waals surface area (Å²) in [7, 11) is 1.68. The predicted octanol–water partition coefficient (Wildman–Crippen LogP) is 2.53. The van der Waals surface area contributed by atoms with Gasteiger partial charge >= 0.3 is 0 Å². The molecule has 118 valence electrons. The fourth-order valence-electron chi connectivity index (χ4n) is 2.69. The zero-order chi connectivity index (χ0) is 14.4. The van der Waals surface area contributed by atoms with Gasteiger partial charge in [-0.05, 0) is 24.0 Å². The SMILES string of the molecule is COCc1ccc(CNC(=O)C2(N)CCCCC2)cc1.Cl. The van der Waals surface area contributed by atoms with E-state index < -0.39 is 5.54 Å². The number of rotatable bonds is 5. The molecular formula is C16H25ClN2O2. The van der Waals surface area contributed by atoms with E-state index in [1.807, 2.05) is 24.3 Å². The zero-order valence-corrected chi connectivity index (χ0v) is 13.4. The van der Waals surface area contributed by atoms with E-state index in [0.717, 1.165) is 36.8 Å². The summed E-state index contributed by atoms with van der Waals surface area (Å²) < 4.78 is 5.07. The Kier molecular flexibility index (Phi) is 7.15. The minimum atomic E-state index is -0.658. The van der Waals surface area contributed by atoms with Gasteiger partial charge in [-0.1, -0.05) is 43.5 Å². The highest BCUT2D eigenvalue weighted by atomic mass is 35.5. The maximum atomic E-state index is 12.2. The molecule has 0 saturated heterocycles. The summed E-state index contributed by atoms with van der Waals surface area (Å²) in [6.45, 7) is 1.14. The summed E-state index contributed by atoms with van der Waals surface area (Å²) in [6.07, 6.45) is 4.88. The van der Waals surface area contributed by atoms with Crippen molar-refractivity contribution in [3.05, 3.63) is 35.4 Å². The number of nitrogens with two attached hydrogens (primary N) is 1. The van der Waals surface area contributed by atoms with Gasteiger partial charge in [-0.15, -0.1) is 12.4 Å². The van der Waals surface area contributed by atoms with Crippen LogP contribution in [-0.4, -0.2) is 18.6 Å². The topological polar surface area (TPSA) is 64.3 Å². The normalized spacial score (nSPS) is 16.9. The summed E-state index contributed by atoms with van der Waals surface area (Å²) in [5.41, 5.74) is 7.75. The Morgan fingerprint density at radius 1 is 1.19 bits per heavy atom. The van der Waals surface area contributed by atoms with Crippen LogP contribution in [-0.2, 0) is 22.7 Å². The summed E-state index contributed by atoms with van der Waals surface area (Å²) in [5.74, 6) is -0.0156. The molecule has 0 aliphatic heterocycles. The quantitative estimate of drug-likeness (QED) is 0.878. The van der Waals surface area contributed by atoms with Crippen molar-refractivity contribution in [2.75, 3.05) is 7.11 Å². The molecule has 0 spiro atoms. The van der Waals surface area contributed by atoms with Crippen LogP contribution >= 0.6 is 12.4 Å². The Morgan fingerprint density at radius 2 is 1.76 bits per heavy atom. The Labute approximate surface area is 132 Å². The molecule has 0 heterocycles. The number of hydrogen-bond donors (Lipinski definition) is 2. The van der Waals surface area contributed by atoms with Gasteiger partial charge in [0, 0.05) is 13.7 Å². The summed E-state index contributed by atoms with van der Waals surface area (Å²) in [4.78, 5) is 12.2. The second kappa shape index (κ2) is 8.37. The van der Waals surface area contributed by atoms with Crippen LogP contribution in [0.5, 0.6) is 0 Å². The van der Waals surface area contributed by atoms with Crippen molar-refractivity contribution >= 4 is 18.3 Å². The molecule has 1 aromatic rings. The number of nitrogens with one attached hydrogen (secondary N) is 1. The lowest BCUT2D eigenvalue weighted by molar-refractivity contribution is -0.127. The van der Waals surface area contributed by atoms with Crippen LogP contribution < -0.4 is 11.1 Å². The summed E-state index contributed by atoms with van der Waals surface area (Å²) >= 11 is 0. The lowest BCUT2D eigenvalue weighted by Gasteiger charge is -2.31. The van der Waals surface area contributed by atoms with Crippen molar-refractivity contribution in [3.8, 4) is 0 Å². The van der Waals surface area contributed by atoms with E-state index in [1.54, 1.807) is 7.11 Å². The van der Waals surface area contributed by atoms with E-state index in [1.165, 1.54) is 6.42 Å². The van der Waals surface area contributed by atoms with Crippen molar-refractivity contribution < 1.29 is 9.53 Å². The van der Waals surface area contributed by atoms with Gasteiger partial charge in [-0.3, -0.25) is 4.79 Å². The molecule has 2 rings (SSSR count). The van der Waals surface area contributed by atoms with Crippen molar-refractivity contribution in [1.29, 1.82) is 0 Å². The van der Waals surface area contributed by atoms with E-state index in [2.05, 4.69) is 5.32 Å². The summed E-state index contributed by atoms with van der Waals surface area (Å²) in [5, 5.41) is 2.97. The summed E-state index contributed by atoms with van der Waals surface area (Å²) in [6, 6.07) is 8.06. The van der Waals surface area contributed by atoms with Crippen LogP contribution in [0.4, 0.5) is 0 Å². The van der Waals surface area contributed by atoms with Gasteiger partial charge in [-0.2, -0.15) is 0 Å². The molecule has 3 N–H and O–H groups in total. The molecule has 0 aromatic heterocycles. The van der Waals surface area contributed by atoms with Crippen LogP contribution in [0.1, 0.15) is 43.2 Å². The first-order chi connectivity index (χ1) is 9.64. The van der Waals surface area contributed by atoms with Crippen LogP contribution in [0.2, 0.25) is 0 Å². The Balaban J connectivity index is 0.00000220. The molecule has 1 aliphatic rings. The first-order valence-corrected chi connectivity index (χ1v) is 7.28. The molecule has 21 heavy (non-hydrogen) atoms. The molecule has 1 fully saturated rings. The van der Waals surface area contributed by atoms with E-state index in [-0.39, 0.29) is 18.3 Å². The third-order valence-electron chi connectivity index (χ3n) is 3.99. The van der Waals surface area contributed by atoms with Gasteiger partial charge in [0.05, 0.1) is 12.1 Å². The van der Waals surface area contributed by atoms with Gasteiger partial charge in [0.25, 0.3) is 0 Å². The van der Waals surface area contributed by atoms with Crippen LogP contribution in [0.3, 0.4) is 0 Å². The average molecular weight is 313 g/mol. The van der Waals surface area contributed by atoms with E-state index >= 15 is 0 Å². The molecule has 1 amide bonds. The van der Waals surface area contributed by atoms with E-state index in [0.29, 0.717) is 13.2 Å². The smallest absolute Gasteiger partial charge is 0.240 e. The molecule has 0 radical (unpaired) electrons. The second-order valence-electron chi connectivity index (χ2n) is 5.65. The van der Waals surface area contributed by atoms with Gasteiger partial charge in [0.15, 0.2) is 0 Å². The van der Waals surface area contributed by atoms with E-state index in [4.69, 9.17) is 10.5 Å². The fraction of sp³-hybridized carbons (Fsp3) is 0.562.